The van der Waals surface area contributed by atoms with Crippen LogP contribution in [0, 0.1) is 0 Å². The average Bonchev–Trinajstić information content (AvgIpc) is 2.48. The SMILES string of the molecule is CCCNCc1cccc(Cl)c1N(C)Cc1ccccn1. The van der Waals surface area contributed by atoms with Crippen LogP contribution in [-0.4, -0.2) is 18.6 Å². The molecule has 1 aromatic carbocycles. The Hall–Kier alpha value is -1.58. The quantitative estimate of drug-likeness (QED) is 0.787. The van der Waals surface area contributed by atoms with Crippen molar-refractivity contribution in [1.82, 2.24) is 10.3 Å². The van der Waals surface area contributed by atoms with Crippen molar-refractivity contribution in [3.63, 3.8) is 0 Å². The number of benzene rings is 1. The number of nitrogens with one attached hydrogen (secondary N) is 1. The summed E-state index contributed by atoms with van der Waals surface area (Å²) in [7, 11) is 2.05. The molecule has 1 heterocycles. The predicted molar refractivity (Wildman–Crippen MR) is 89.8 cm³/mol. The van der Waals surface area contributed by atoms with Crippen molar-refractivity contribution in [2.24, 2.45) is 0 Å². The van der Waals surface area contributed by atoms with Crippen LogP contribution in [0.25, 0.3) is 0 Å². The van der Waals surface area contributed by atoms with Gasteiger partial charge in [0.1, 0.15) is 0 Å². The Morgan fingerprint density at radius 3 is 2.76 bits per heavy atom. The maximum absolute atomic E-state index is 6.41. The first-order valence-electron chi connectivity index (χ1n) is 7.31. The molecule has 0 fully saturated rings. The van der Waals surface area contributed by atoms with Crippen LogP contribution >= 0.6 is 11.6 Å². The summed E-state index contributed by atoms with van der Waals surface area (Å²) >= 11 is 6.41. The third-order valence-corrected chi connectivity index (χ3v) is 3.62. The van der Waals surface area contributed by atoms with E-state index < -0.39 is 0 Å². The van der Waals surface area contributed by atoms with Crippen LogP contribution < -0.4 is 10.2 Å². The van der Waals surface area contributed by atoms with Gasteiger partial charge in [-0.3, -0.25) is 4.98 Å². The van der Waals surface area contributed by atoms with E-state index in [0.29, 0.717) is 0 Å². The molecule has 1 N–H and O–H groups in total. The minimum atomic E-state index is 0.741. The van der Waals surface area contributed by atoms with Crippen molar-refractivity contribution in [3.8, 4) is 0 Å². The number of nitrogens with zero attached hydrogens (tertiary/aromatic N) is 2. The average molecular weight is 304 g/mol. The maximum atomic E-state index is 6.41. The zero-order valence-electron chi connectivity index (χ0n) is 12.6. The molecule has 3 nitrogen and oxygen atoms in total. The normalized spacial score (nSPS) is 10.6. The molecular weight excluding hydrogens is 282 g/mol. The molecule has 21 heavy (non-hydrogen) atoms. The Labute approximate surface area is 132 Å². The fraction of sp³-hybridized carbons (Fsp3) is 0.353. The molecule has 1 aromatic heterocycles. The van der Waals surface area contributed by atoms with Gasteiger partial charge in [0.05, 0.1) is 22.9 Å². The standard InChI is InChI=1S/C17H22ClN3/c1-3-10-19-12-14-7-6-9-16(18)17(14)21(2)13-15-8-4-5-11-20-15/h4-9,11,19H,3,10,12-13H2,1-2H3. The van der Waals surface area contributed by atoms with Crippen LogP contribution in [0.5, 0.6) is 0 Å². The van der Waals surface area contributed by atoms with Crippen molar-refractivity contribution in [3.05, 3.63) is 58.9 Å². The third-order valence-electron chi connectivity index (χ3n) is 3.32. The van der Waals surface area contributed by atoms with Gasteiger partial charge in [0.25, 0.3) is 0 Å². The zero-order valence-corrected chi connectivity index (χ0v) is 13.4. The first kappa shape index (κ1) is 15.8. The highest BCUT2D eigenvalue weighted by molar-refractivity contribution is 6.33. The second-order valence-electron chi connectivity index (χ2n) is 5.10. The largest absolute Gasteiger partial charge is 0.367 e. The molecule has 4 heteroatoms. The fourth-order valence-electron chi connectivity index (χ4n) is 2.34. The molecule has 0 bridgehead atoms. The van der Waals surface area contributed by atoms with E-state index in [9.17, 15) is 0 Å². The number of anilines is 1. The van der Waals surface area contributed by atoms with Gasteiger partial charge >= 0.3 is 0 Å². The molecule has 112 valence electrons. The number of pyridine rings is 1. The van der Waals surface area contributed by atoms with Gasteiger partial charge in [0.15, 0.2) is 0 Å². The highest BCUT2D eigenvalue weighted by Gasteiger charge is 2.12. The van der Waals surface area contributed by atoms with E-state index >= 15 is 0 Å². The molecule has 0 amide bonds. The Balaban J connectivity index is 2.16. The molecule has 0 saturated carbocycles. The molecule has 0 atom stereocenters. The summed E-state index contributed by atoms with van der Waals surface area (Å²) in [6.07, 6.45) is 2.94. The predicted octanol–water partition coefficient (Wildman–Crippen LogP) is 3.87. The number of aromatic nitrogens is 1. The lowest BCUT2D eigenvalue weighted by molar-refractivity contribution is 0.673. The molecular formula is C17H22ClN3. The molecule has 2 aromatic rings. The van der Waals surface area contributed by atoms with Gasteiger partial charge in [-0.15, -0.1) is 0 Å². The van der Waals surface area contributed by atoms with Gasteiger partial charge in [-0.2, -0.15) is 0 Å². The number of hydrogen-bond acceptors (Lipinski definition) is 3. The number of halogens is 1. The van der Waals surface area contributed by atoms with Crippen molar-refractivity contribution in [2.75, 3.05) is 18.5 Å². The van der Waals surface area contributed by atoms with E-state index in [1.807, 2.05) is 36.5 Å². The maximum Gasteiger partial charge on any atom is 0.0642 e. The Morgan fingerprint density at radius 2 is 2.05 bits per heavy atom. The van der Waals surface area contributed by atoms with Gasteiger partial charge in [0.2, 0.25) is 0 Å². The van der Waals surface area contributed by atoms with Crippen molar-refractivity contribution < 1.29 is 0 Å². The smallest absolute Gasteiger partial charge is 0.0642 e. The Kier molecular flexibility index (Phi) is 6.03. The van der Waals surface area contributed by atoms with E-state index in [1.165, 1.54) is 5.56 Å². The van der Waals surface area contributed by atoms with Gasteiger partial charge in [-0.1, -0.05) is 36.7 Å². The lowest BCUT2D eigenvalue weighted by Crippen LogP contribution is -2.22. The molecule has 0 spiro atoms. The summed E-state index contributed by atoms with van der Waals surface area (Å²) < 4.78 is 0. The van der Waals surface area contributed by atoms with Crippen LogP contribution in [0.3, 0.4) is 0 Å². The van der Waals surface area contributed by atoms with Crippen LogP contribution in [0.15, 0.2) is 42.6 Å². The van der Waals surface area contributed by atoms with Crippen LogP contribution in [0.1, 0.15) is 24.6 Å². The lowest BCUT2D eigenvalue weighted by Gasteiger charge is -2.23. The second-order valence-corrected chi connectivity index (χ2v) is 5.51. The minimum Gasteiger partial charge on any atom is -0.367 e. The van der Waals surface area contributed by atoms with Gasteiger partial charge < -0.3 is 10.2 Å². The van der Waals surface area contributed by atoms with Crippen LogP contribution in [0.2, 0.25) is 5.02 Å². The molecule has 2 rings (SSSR count). The summed E-state index contributed by atoms with van der Waals surface area (Å²) in [4.78, 5) is 6.54. The monoisotopic (exact) mass is 303 g/mol. The van der Waals surface area contributed by atoms with Crippen molar-refractivity contribution in [1.29, 1.82) is 0 Å². The number of rotatable bonds is 7. The van der Waals surface area contributed by atoms with Crippen molar-refractivity contribution in [2.45, 2.75) is 26.4 Å². The van der Waals surface area contributed by atoms with Gasteiger partial charge in [-0.05, 0) is 36.7 Å². The van der Waals surface area contributed by atoms with Crippen LogP contribution in [-0.2, 0) is 13.1 Å². The number of para-hydroxylation sites is 1. The van der Waals surface area contributed by atoms with Crippen LogP contribution in [0.4, 0.5) is 5.69 Å². The molecule has 0 saturated heterocycles. The highest BCUT2D eigenvalue weighted by Crippen LogP contribution is 2.30. The van der Waals surface area contributed by atoms with Gasteiger partial charge in [0, 0.05) is 19.8 Å². The number of hydrogen-bond donors (Lipinski definition) is 1. The molecule has 0 radical (unpaired) electrons. The lowest BCUT2D eigenvalue weighted by atomic mass is 10.1. The first-order chi connectivity index (χ1) is 10.2. The molecule has 0 unspecified atom stereocenters. The van der Waals surface area contributed by atoms with E-state index in [1.54, 1.807) is 0 Å². The van der Waals surface area contributed by atoms with Gasteiger partial charge in [-0.25, -0.2) is 0 Å². The summed E-state index contributed by atoms with van der Waals surface area (Å²) in [6, 6.07) is 12.0. The van der Waals surface area contributed by atoms with E-state index in [4.69, 9.17) is 11.6 Å². The van der Waals surface area contributed by atoms with Crippen molar-refractivity contribution >= 4 is 17.3 Å². The van der Waals surface area contributed by atoms with E-state index in [2.05, 4.69) is 35.2 Å². The second kappa shape index (κ2) is 8.01. The minimum absolute atomic E-state index is 0.741. The first-order valence-corrected chi connectivity index (χ1v) is 7.69. The Bertz CT molecular complexity index is 557. The molecule has 0 aliphatic heterocycles. The molecule has 0 aliphatic carbocycles. The summed E-state index contributed by atoms with van der Waals surface area (Å²) in [5.74, 6) is 0. The molecule has 0 aliphatic rings. The topological polar surface area (TPSA) is 28.2 Å². The highest BCUT2D eigenvalue weighted by atomic mass is 35.5. The fourth-order valence-corrected chi connectivity index (χ4v) is 2.68. The Morgan fingerprint density at radius 1 is 1.19 bits per heavy atom. The summed E-state index contributed by atoms with van der Waals surface area (Å²) in [5.41, 5.74) is 3.33. The third kappa shape index (κ3) is 4.45. The van der Waals surface area contributed by atoms with E-state index in [-0.39, 0.29) is 0 Å². The summed E-state index contributed by atoms with van der Waals surface area (Å²) in [6.45, 7) is 4.75. The summed E-state index contributed by atoms with van der Waals surface area (Å²) in [5, 5.41) is 4.22. The van der Waals surface area contributed by atoms with E-state index in [0.717, 1.165) is 42.5 Å². The zero-order chi connectivity index (χ0) is 15.1.